The molecular weight excluding hydrogens is 274 g/mol. The molecule has 0 bridgehead atoms. The molecule has 0 fully saturated rings. The number of hydrogen-bond acceptors (Lipinski definition) is 3. The summed E-state index contributed by atoms with van der Waals surface area (Å²) < 4.78 is 5.70. The van der Waals surface area contributed by atoms with Crippen LogP contribution in [0.25, 0.3) is 32.9 Å². The number of nitrogens with zero attached hydrogens (tertiary/aromatic N) is 1. The molecule has 0 saturated carbocycles. The lowest BCUT2D eigenvalue weighted by molar-refractivity contribution is 0.289. The van der Waals surface area contributed by atoms with E-state index in [9.17, 15) is 0 Å². The SMILES string of the molecule is OCCc1cc2cc(-c3ccc4cnccc4c3)ccc2o1. The Morgan fingerprint density at radius 3 is 2.55 bits per heavy atom. The maximum atomic E-state index is 9.01. The second-order valence-electron chi connectivity index (χ2n) is 5.38. The van der Waals surface area contributed by atoms with Crippen LogP contribution in [0.3, 0.4) is 0 Å². The van der Waals surface area contributed by atoms with Crippen LogP contribution in [-0.4, -0.2) is 16.7 Å². The molecule has 3 heteroatoms. The minimum atomic E-state index is 0.103. The van der Waals surface area contributed by atoms with Crippen LogP contribution in [-0.2, 0) is 6.42 Å². The monoisotopic (exact) mass is 289 g/mol. The van der Waals surface area contributed by atoms with Crippen molar-refractivity contribution in [2.75, 3.05) is 6.61 Å². The van der Waals surface area contributed by atoms with E-state index in [4.69, 9.17) is 9.52 Å². The van der Waals surface area contributed by atoms with Crippen LogP contribution in [0.2, 0.25) is 0 Å². The van der Waals surface area contributed by atoms with Gasteiger partial charge in [0.15, 0.2) is 0 Å². The van der Waals surface area contributed by atoms with E-state index in [1.165, 1.54) is 10.9 Å². The van der Waals surface area contributed by atoms with Crippen molar-refractivity contribution < 1.29 is 9.52 Å². The zero-order valence-corrected chi connectivity index (χ0v) is 12.0. The van der Waals surface area contributed by atoms with Gasteiger partial charge in [0.05, 0.1) is 6.61 Å². The molecule has 1 N–H and O–H groups in total. The molecular formula is C19H15NO2. The van der Waals surface area contributed by atoms with Gasteiger partial charge in [-0.15, -0.1) is 0 Å². The van der Waals surface area contributed by atoms with Crippen molar-refractivity contribution in [3.8, 4) is 11.1 Å². The number of benzene rings is 2. The van der Waals surface area contributed by atoms with Crippen LogP contribution in [0, 0.1) is 0 Å². The molecule has 0 aliphatic carbocycles. The Morgan fingerprint density at radius 2 is 1.68 bits per heavy atom. The Kier molecular flexibility index (Phi) is 3.13. The maximum absolute atomic E-state index is 9.01. The first-order valence-corrected chi connectivity index (χ1v) is 7.31. The van der Waals surface area contributed by atoms with Crippen LogP contribution in [0.1, 0.15) is 5.76 Å². The third kappa shape index (κ3) is 2.26. The fraction of sp³-hybridized carbons (Fsp3) is 0.105. The van der Waals surface area contributed by atoms with Crippen LogP contribution in [0.5, 0.6) is 0 Å². The van der Waals surface area contributed by atoms with E-state index in [1.807, 2.05) is 30.6 Å². The fourth-order valence-corrected chi connectivity index (χ4v) is 2.77. The molecule has 2 aromatic carbocycles. The minimum Gasteiger partial charge on any atom is -0.461 e. The zero-order chi connectivity index (χ0) is 14.9. The summed E-state index contributed by atoms with van der Waals surface area (Å²) >= 11 is 0. The highest BCUT2D eigenvalue weighted by Gasteiger charge is 2.06. The van der Waals surface area contributed by atoms with Gasteiger partial charge < -0.3 is 9.52 Å². The van der Waals surface area contributed by atoms with E-state index in [-0.39, 0.29) is 6.61 Å². The van der Waals surface area contributed by atoms with Crippen LogP contribution in [0.15, 0.2) is 65.3 Å². The number of fused-ring (bicyclic) bond motifs is 2. The normalized spacial score (nSPS) is 11.3. The number of rotatable bonds is 3. The van der Waals surface area contributed by atoms with Gasteiger partial charge in [0.2, 0.25) is 0 Å². The summed E-state index contributed by atoms with van der Waals surface area (Å²) in [7, 11) is 0. The first kappa shape index (κ1) is 13.0. The summed E-state index contributed by atoms with van der Waals surface area (Å²) in [6.45, 7) is 0.103. The number of aliphatic hydroxyl groups is 1. The molecule has 0 amide bonds. The molecule has 0 radical (unpaired) electrons. The summed E-state index contributed by atoms with van der Waals surface area (Å²) in [5, 5.41) is 12.4. The highest BCUT2D eigenvalue weighted by atomic mass is 16.3. The van der Waals surface area contributed by atoms with E-state index < -0.39 is 0 Å². The average Bonchev–Trinajstić information content (AvgIpc) is 2.96. The lowest BCUT2D eigenvalue weighted by Gasteiger charge is -2.04. The molecule has 3 nitrogen and oxygen atoms in total. The highest BCUT2D eigenvalue weighted by molar-refractivity contribution is 5.89. The number of pyridine rings is 1. The largest absolute Gasteiger partial charge is 0.461 e. The molecule has 0 saturated heterocycles. The molecule has 2 aromatic heterocycles. The Hall–Kier alpha value is -2.65. The Bertz CT molecular complexity index is 956. The quantitative estimate of drug-likeness (QED) is 0.615. The van der Waals surface area contributed by atoms with E-state index in [0.717, 1.165) is 27.7 Å². The van der Waals surface area contributed by atoms with Crippen LogP contribution in [0.4, 0.5) is 0 Å². The number of furan rings is 1. The summed E-state index contributed by atoms with van der Waals surface area (Å²) in [4.78, 5) is 4.14. The predicted octanol–water partition coefficient (Wildman–Crippen LogP) is 4.18. The third-order valence-corrected chi connectivity index (χ3v) is 3.90. The lowest BCUT2D eigenvalue weighted by Crippen LogP contribution is -1.85. The van der Waals surface area contributed by atoms with Gasteiger partial charge in [-0.1, -0.05) is 18.2 Å². The average molecular weight is 289 g/mol. The molecule has 0 aliphatic heterocycles. The van der Waals surface area contributed by atoms with Gasteiger partial charge in [-0.2, -0.15) is 0 Å². The summed E-state index contributed by atoms with van der Waals surface area (Å²) in [5.74, 6) is 0.819. The summed E-state index contributed by atoms with van der Waals surface area (Å²) in [6.07, 6.45) is 4.24. The number of hydrogen-bond donors (Lipinski definition) is 1. The van der Waals surface area contributed by atoms with Gasteiger partial charge in [-0.05, 0) is 46.8 Å². The van der Waals surface area contributed by atoms with Crippen molar-refractivity contribution in [1.82, 2.24) is 4.98 Å². The molecule has 0 atom stereocenters. The first-order chi connectivity index (χ1) is 10.8. The first-order valence-electron chi connectivity index (χ1n) is 7.31. The van der Waals surface area contributed by atoms with Gasteiger partial charge in [-0.3, -0.25) is 4.98 Å². The number of aliphatic hydroxyl groups excluding tert-OH is 1. The summed E-state index contributed by atoms with van der Waals surface area (Å²) in [5.41, 5.74) is 3.19. The van der Waals surface area contributed by atoms with Crippen molar-refractivity contribution in [2.45, 2.75) is 6.42 Å². The van der Waals surface area contributed by atoms with E-state index in [0.29, 0.717) is 6.42 Å². The fourth-order valence-electron chi connectivity index (χ4n) is 2.77. The molecule has 108 valence electrons. The molecule has 0 unspecified atom stereocenters. The van der Waals surface area contributed by atoms with E-state index in [2.05, 4.69) is 35.3 Å². The van der Waals surface area contributed by atoms with Crippen molar-refractivity contribution in [3.05, 3.63) is 66.7 Å². The standard InChI is InChI=1S/C19H15NO2/c21-8-6-18-11-17-10-14(3-4-19(17)22-18)13-1-2-16-12-20-7-5-15(16)9-13/h1-5,7,9-12,21H,6,8H2. The van der Waals surface area contributed by atoms with Crippen LogP contribution < -0.4 is 0 Å². The maximum Gasteiger partial charge on any atom is 0.134 e. The Balaban J connectivity index is 1.81. The van der Waals surface area contributed by atoms with Crippen LogP contribution >= 0.6 is 0 Å². The van der Waals surface area contributed by atoms with Gasteiger partial charge in [0.1, 0.15) is 11.3 Å². The third-order valence-electron chi connectivity index (χ3n) is 3.90. The Morgan fingerprint density at radius 1 is 0.864 bits per heavy atom. The second kappa shape index (κ2) is 5.28. The molecule has 2 heterocycles. The molecule has 0 aliphatic rings. The Labute approximate surface area is 127 Å². The van der Waals surface area contributed by atoms with Crippen molar-refractivity contribution in [3.63, 3.8) is 0 Å². The van der Waals surface area contributed by atoms with Gasteiger partial charge in [0.25, 0.3) is 0 Å². The van der Waals surface area contributed by atoms with Gasteiger partial charge in [0, 0.05) is 29.6 Å². The smallest absolute Gasteiger partial charge is 0.134 e. The van der Waals surface area contributed by atoms with Crippen molar-refractivity contribution in [1.29, 1.82) is 0 Å². The predicted molar refractivity (Wildman–Crippen MR) is 87.7 cm³/mol. The zero-order valence-electron chi connectivity index (χ0n) is 12.0. The van der Waals surface area contributed by atoms with E-state index >= 15 is 0 Å². The molecule has 0 spiro atoms. The lowest BCUT2D eigenvalue weighted by atomic mass is 10.0. The van der Waals surface area contributed by atoms with Gasteiger partial charge in [-0.25, -0.2) is 0 Å². The topological polar surface area (TPSA) is 46.3 Å². The minimum absolute atomic E-state index is 0.103. The van der Waals surface area contributed by atoms with E-state index in [1.54, 1.807) is 0 Å². The van der Waals surface area contributed by atoms with Gasteiger partial charge >= 0.3 is 0 Å². The van der Waals surface area contributed by atoms with Crippen molar-refractivity contribution in [2.24, 2.45) is 0 Å². The second-order valence-corrected chi connectivity index (χ2v) is 5.38. The molecule has 22 heavy (non-hydrogen) atoms. The highest BCUT2D eigenvalue weighted by Crippen LogP contribution is 2.28. The molecule has 4 aromatic rings. The summed E-state index contributed by atoms with van der Waals surface area (Å²) in [6, 6.07) is 16.6. The molecule has 4 rings (SSSR count). The van der Waals surface area contributed by atoms with Crippen molar-refractivity contribution >= 4 is 21.7 Å². The number of aromatic nitrogens is 1.